The Morgan fingerprint density at radius 3 is 2.61 bits per heavy atom. The van der Waals surface area contributed by atoms with Crippen LogP contribution < -0.4 is 9.64 Å². The number of likely N-dealkylation sites (N-methyl/N-ethyl adjacent to an activating group) is 1. The summed E-state index contributed by atoms with van der Waals surface area (Å²) in [6.45, 7) is 5.45. The van der Waals surface area contributed by atoms with Crippen LogP contribution in [-0.2, 0) is 9.47 Å². The summed E-state index contributed by atoms with van der Waals surface area (Å²) in [5, 5.41) is 5.62. The Labute approximate surface area is 210 Å². The number of aryl methyl sites for hydroxylation is 1. The fourth-order valence-corrected chi connectivity index (χ4v) is 5.54. The summed E-state index contributed by atoms with van der Waals surface area (Å²) in [4.78, 5) is 13.3. The molecule has 3 saturated heterocycles. The molecule has 2 aromatic heterocycles. The Morgan fingerprint density at radius 1 is 1.06 bits per heavy atom. The molecule has 9 nitrogen and oxygen atoms in total. The van der Waals surface area contributed by atoms with Gasteiger partial charge in [-0.1, -0.05) is 0 Å². The smallest absolute Gasteiger partial charge is 0.320 e. The minimum atomic E-state index is -0.881. The highest BCUT2D eigenvalue weighted by Gasteiger charge is 2.34. The van der Waals surface area contributed by atoms with Gasteiger partial charge in [0.2, 0.25) is 0 Å². The number of nitrogens with zero attached hydrogens (tertiary/aromatic N) is 6. The summed E-state index contributed by atoms with van der Waals surface area (Å²) in [5.41, 5.74) is 3.00. The maximum Gasteiger partial charge on any atom is 0.320 e. The molecule has 0 bridgehead atoms. The molecule has 0 N–H and O–H groups in total. The molecule has 0 radical (unpaired) electrons. The lowest BCUT2D eigenvalue weighted by molar-refractivity contribution is -0.191. The summed E-state index contributed by atoms with van der Waals surface area (Å²) in [7, 11) is 3.53. The Morgan fingerprint density at radius 2 is 1.89 bits per heavy atom. The third-order valence-corrected chi connectivity index (χ3v) is 7.52. The van der Waals surface area contributed by atoms with Gasteiger partial charge in [0, 0.05) is 50.2 Å². The van der Waals surface area contributed by atoms with Crippen LogP contribution >= 0.6 is 0 Å². The van der Waals surface area contributed by atoms with Gasteiger partial charge in [-0.2, -0.15) is 15.1 Å². The van der Waals surface area contributed by atoms with Crippen LogP contribution in [-0.4, -0.2) is 90.2 Å². The SMILES string of the molecule is COc1nc(N2CC(OC3CCCCO3)C2)cc(-n2ncc3cc(C)c(C4CN(C)CC4F)cc32)n1. The van der Waals surface area contributed by atoms with E-state index in [1.54, 1.807) is 11.8 Å². The first-order valence-electron chi connectivity index (χ1n) is 12.7. The lowest BCUT2D eigenvalue weighted by atomic mass is 9.92. The zero-order chi connectivity index (χ0) is 24.8. The number of rotatable bonds is 6. The van der Waals surface area contributed by atoms with E-state index >= 15 is 0 Å². The van der Waals surface area contributed by atoms with Crippen molar-refractivity contribution in [3.63, 3.8) is 0 Å². The van der Waals surface area contributed by atoms with E-state index in [1.165, 1.54) is 0 Å². The van der Waals surface area contributed by atoms with Gasteiger partial charge in [-0.3, -0.25) is 0 Å². The van der Waals surface area contributed by atoms with Crippen LogP contribution in [0.2, 0.25) is 0 Å². The van der Waals surface area contributed by atoms with E-state index in [0.29, 0.717) is 18.9 Å². The minimum Gasteiger partial charge on any atom is -0.467 e. The summed E-state index contributed by atoms with van der Waals surface area (Å²) >= 11 is 0. The van der Waals surface area contributed by atoms with Crippen LogP contribution in [0.4, 0.5) is 10.2 Å². The maximum absolute atomic E-state index is 14.8. The predicted molar refractivity (Wildman–Crippen MR) is 134 cm³/mol. The zero-order valence-electron chi connectivity index (χ0n) is 21.1. The minimum absolute atomic E-state index is 0.0990. The van der Waals surface area contributed by atoms with E-state index in [2.05, 4.69) is 32.1 Å². The van der Waals surface area contributed by atoms with E-state index in [0.717, 1.165) is 66.8 Å². The molecule has 3 unspecified atom stereocenters. The van der Waals surface area contributed by atoms with E-state index in [-0.39, 0.29) is 24.3 Å². The topological polar surface area (TPSA) is 77.8 Å². The molecule has 1 aromatic carbocycles. The predicted octanol–water partition coefficient (Wildman–Crippen LogP) is 3.23. The van der Waals surface area contributed by atoms with Gasteiger partial charge < -0.3 is 24.0 Å². The second-order valence-corrected chi connectivity index (χ2v) is 10.2. The number of hydrogen-bond acceptors (Lipinski definition) is 8. The van der Waals surface area contributed by atoms with Crippen LogP contribution in [0.3, 0.4) is 0 Å². The second kappa shape index (κ2) is 9.57. The maximum atomic E-state index is 14.8. The van der Waals surface area contributed by atoms with Crippen molar-refractivity contribution in [1.29, 1.82) is 0 Å². The first kappa shape index (κ1) is 23.6. The van der Waals surface area contributed by atoms with Crippen molar-refractivity contribution < 1.29 is 18.6 Å². The molecule has 10 heteroatoms. The van der Waals surface area contributed by atoms with Gasteiger partial charge in [0.15, 0.2) is 12.1 Å². The van der Waals surface area contributed by atoms with Crippen LogP contribution in [0.1, 0.15) is 36.3 Å². The molecule has 3 fully saturated rings. The van der Waals surface area contributed by atoms with Gasteiger partial charge in [0.25, 0.3) is 0 Å². The van der Waals surface area contributed by atoms with Crippen LogP contribution in [0, 0.1) is 6.92 Å². The second-order valence-electron chi connectivity index (χ2n) is 10.2. The van der Waals surface area contributed by atoms with Crippen LogP contribution in [0.25, 0.3) is 16.7 Å². The molecule has 0 amide bonds. The Kier molecular flexibility index (Phi) is 6.27. The van der Waals surface area contributed by atoms with Crippen molar-refractivity contribution in [2.75, 3.05) is 51.8 Å². The van der Waals surface area contributed by atoms with Crippen LogP contribution in [0.15, 0.2) is 24.4 Å². The van der Waals surface area contributed by atoms with Crippen molar-refractivity contribution in [2.24, 2.45) is 0 Å². The number of anilines is 1. The van der Waals surface area contributed by atoms with E-state index < -0.39 is 6.17 Å². The van der Waals surface area contributed by atoms with Crippen LogP contribution in [0.5, 0.6) is 6.01 Å². The Balaban J connectivity index is 1.27. The Bertz CT molecular complexity index is 1240. The first-order chi connectivity index (χ1) is 17.5. The monoisotopic (exact) mass is 496 g/mol. The lowest BCUT2D eigenvalue weighted by Gasteiger charge is -2.41. The molecule has 3 atom stereocenters. The number of hydrogen-bond donors (Lipinski definition) is 0. The number of aromatic nitrogens is 4. The molecule has 3 aliphatic rings. The molecule has 3 aliphatic heterocycles. The first-order valence-corrected chi connectivity index (χ1v) is 12.7. The third kappa shape index (κ3) is 4.42. The zero-order valence-corrected chi connectivity index (χ0v) is 21.1. The lowest BCUT2D eigenvalue weighted by Crippen LogP contribution is -2.54. The average Bonchev–Trinajstić information content (AvgIpc) is 3.42. The molecule has 0 aliphatic carbocycles. The highest BCUT2D eigenvalue weighted by Crippen LogP contribution is 2.34. The fraction of sp³-hybridized carbons (Fsp3) is 0.577. The van der Waals surface area contributed by atoms with Crippen molar-refractivity contribution in [1.82, 2.24) is 24.6 Å². The van der Waals surface area contributed by atoms with Gasteiger partial charge in [0.05, 0.1) is 24.9 Å². The van der Waals surface area contributed by atoms with Crippen molar-refractivity contribution in [2.45, 2.75) is 50.7 Å². The summed E-state index contributed by atoms with van der Waals surface area (Å²) in [6.07, 6.45) is 4.17. The number of alkyl halides is 1. The third-order valence-electron chi connectivity index (χ3n) is 7.52. The highest BCUT2D eigenvalue weighted by atomic mass is 19.1. The summed E-state index contributed by atoms with van der Waals surface area (Å²) < 4.78 is 33.8. The molecule has 192 valence electrons. The number of methoxy groups -OCH3 is 1. The molecule has 6 rings (SSSR count). The quantitative estimate of drug-likeness (QED) is 0.515. The van der Waals surface area contributed by atoms with Gasteiger partial charge >= 0.3 is 6.01 Å². The van der Waals surface area contributed by atoms with Gasteiger partial charge in [0.1, 0.15) is 12.0 Å². The molecular formula is C26H33FN6O3. The van der Waals surface area contributed by atoms with Gasteiger partial charge in [-0.15, -0.1) is 0 Å². The molecule has 3 aromatic rings. The molecular weight excluding hydrogens is 463 g/mol. The number of likely N-dealkylation sites (tertiary alicyclic amines) is 1. The standard InChI is InChI=1S/C26H33FN6O3/c1-16-8-17-11-28-33(22(17)9-19(16)20-14-31(2)15-21(20)27)24-10-23(29-26(30-24)34-3)32-12-18(13-32)36-25-6-4-5-7-35-25/h8-11,18,20-21,25H,4-7,12-15H2,1-3H3. The molecule has 5 heterocycles. The van der Waals surface area contributed by atoms with E-state index in [4.69, 9.17) is 14.2 Å². The average molecular weight is 497 g/mol. The van der Waals surface area contributed by atoms with Gasteiger partial charge in [-0.05, 0) is 56.5 Å². The number of halogens is 1. The summed E-state index contributed by atoms with van der Waals surface area (Å²) in [6, 6.07) is 6.35. The van der Waals surface area contributed by atoms with Crippen molar-refractivity contribution >= 4 is 16.7 Å². The normalized spacial score (nSPS) is 25.4. The van der Waals surface area contributed by atoms with Crippen molar-refractivity contribution in [3.8, 4) is 11.8 Å². The van der Waals surface area contributed by atoms with E-state index in [9.17, 15) is 4.39 Å². The Hall–Kier alpha value is -2.82. The number of benzene rings is 1. The van der Waals surface area contributed by atoms with Gasteiger partial charge in [-0.25, -0.2) is 9.07 Å². The largest absolute Gasteiger partial charge is 0.467 e. The fourth-order valence-electron chi connectivity index (χ4n) is 5.54. The molecule has 0 saturated carbocycles. The molecule has 0 spiro atoms. The summed E-state index contributed by atoms with van der Waals surface area (Å²) in [5.74, 6) is 1.23. The van der Waals surface area contributed by atoms with Crippen molar-refractivity contribution in [3.05, 3.63) is 35.5 Å². The van der Waals surface area contributed by atoms with E-state index in [1.807, 2.05) is 31.1 Å². The number of ether oxygens (including phenoxy) is 3. The molecule has 36 heavy (non-hydrogen) atoms. The highest BCUT2D eigenvalue weighted by molar-refractivity contribution is 5.82. The number of fused-ring (bicyclic) bond motifs is 1.